The van der Waals surface area contributed by atoms with Gasteiger partial charge in [-0.1, -0.05) is 20.8 Å². The zero-order valence-electron chi connectivity index (χ0n) is 21.7. The van der Waals surface area contributed by atoms with E-state index >= 15 is 0 Å². The lowest BCUT2D eigenvalue weighted by Gasteiger charge is -2.42. The first-order chi connectivity index (χ1) is 14.4. The standard InChI is InChI=1S/C24H41N3O4Si/c1-22(2,3)30-21(28)25-19-15-18-14-17(26-27(18)16-20(19)29-9)12-13-24(7,8)31-32(10,11)23(4,5)6/h14-16H,12-13H2,1-11H3,(H,25,28). The van der Waals surface area contributed by atoms with Crippen molar-refractivity contribution in [1.82, 2.24) is 9.61 Å². The molecule has 0 fully saturated rings. The fraction of sp³-hybridized carbons (Fsp3) is 0.667. The van der Waals surface area contributed by atoms with E-state index in [0.29, 0.717) is 11.4 Å². The van der Waals surface area contributed by atoms with Crippen LogP contribution in [0.3, 0.4) is 0 Å². The molecule has 2 rings (SSSR count). The first-order valence-corrected chi connectivity index (χ1v) is 14.1. The number of pyridine rings is 1. The summed E-state index contributed by atoms with van der Waals surface area (Å²) in [4.78, 5) is 12.2. The zero-order chi connectivity index (χ0) is 24.5. The molecule has 1 N–H and O–H groups in total. The Labute approximate surface area is 193 Å². The molecule has 0 saturated carbocycles. The van der Waals surface area contributed by atoms with Gasteiger partial charge in [-0.25, -0.2) is 9.31 Å². The maximum absolute atomic E-state index is 12.2. The predicted molar refractivity (Wildman–Crippen MR) is 132 cm³/mol. The van der Waals surface area contributed by atoms with Crippen molar-refractivity contribution in [2.75, 3.05) is 12.4 Å². The van der Waals surface area contributed by atoms with Crippen molar-refractivity contribution < 1.29 is 18.7 Å². The Kier molecular flexibility index (Phi) is 7.41. The molecule has 0 aliphatic carbocycles. The summed E-state index contributed by atoms with van der Waals surface area (Å²) in [5.74, 6) is 0.514. The minimum atomic E-state index is -1.86. The Balaban J connectivity index is 2.17. The lowest BCUT2D eigenvalue weighted by molar-refractivity contribution is 0.0635. The second kappa shape index (κ2) is 9.06. The van der Waals surface area contributed by atoms with Gasteiger partial charge in [0.1, 0.15) is 5.60 Å². The molecule has 32 heavy (non-hydrogen) atoms. The molecular weight excluding hydrogens is 422 g/mol. The molecule has 0 saturated heterocycles. The minimum Gasteiger partial charge on any atom is -0.493 e. The fourth-order valence-electron chi connectivity index (χ4n) is 3.19. The van der Waals surface area contributed by atoms with Gasteiger partial charge in [0.25, 0.3) is 0 Å². The molecule has 0 aliphatic heterocycles. The second-order valence-electron chi connectivity index (χ2n) is 11.5. The van der Waals surface area contributed by atoms with Gasteiger partial charge in [-0.15, -0.1) is 0 Å². The highest BCUT2D eigenvalue weighted by molar-refractivity contribution is 6.74. The van der Waals surface area contributed by atoms with Gasteiger partial charge in [-0.3, -0.25) is 5.32 Å². The average molecular weight is 464 g/mol. The van der Waals surface area contributed by atoms with Crippen LogP contribution < -0.4 is 10.1 Å². The maximum Gasteiger partial charge on any atom is 0.412 e. The smallest absolute Gasteiger partial charge is 0.412 e. The molecule has 0 unspecified atom stereocenters. The summed E-state index contributed by atoms with van der Waals surface area (Å²) >= 11 is 0. The third kappa shape index (κ3) is 6.97. The van der Waals surface area contributed by atoms with Crippen LogP contribution in [-0.2, 0) is 15.6 Å². The number of nitrogens with zero attached hydrogens (tertiary/aromatic N) is 2. The van der Waals surface area contributed by atoms with Gasteiger partial charge in [0.15, 0.2) is 14.1 Å². The molecule has 2 heterocycles. The number of fused-ring (bicyclic) bond motifs is 1. The van der Waals surface area contributed by atoms with Crippen molar-refractivity contribution in [3.8, 4) is 5.75 Å². The minimum absolute atomic E-state index is 0.168. The van der Waals surface area contributed by atoms with E-state index in [4.69, 9.17) is 19.0 Å². The molecule has 0 radical (unpaired) electrons. The van der Waals surface area contributed by atoms with E-state index in [1.165, 1.54) is 0 Å². The topological polar surface area (TPSA) is 74.1 Å². The zero-order valence-corrected chi connectivity index (χ0v) is 22.7. The number of rotatable bonds is 7. The van der Waals surface area contributed by atoms with Crippen molar-refractivity contribution in [2.45, 2.75) is 97.6 Å². The molecule has 7 nitrogen and oxygen atoms in total. The summed E-state index contributed by atoms with van der Waals surface area (Å²) in [6.07, 6.45) is 2.90. The van der Waals surface area contributed by atoms with Crippen molar-refractivity contribution in [1.29, 1.82) is 0 Å². The van der Waals surface area contributed by atoms with Gasteiger partial charge >= 0.3 is 6.09 Å². The SMILES string of the molecule is COc1cn2nc(CCC(C)(C)O[Si](C)(C)C(C)(C)C)cc2cc1NC(=O)OC(C)(C)C. The molecule has 0 spiro atoms. The average Bonchev–Trinajstić information content (AvgIpc) is 2.97. The Morgan fingerprint density at radius 1 is 1.09 bits per heavy atom. The number of nitrogens with one attached hydrogen (secondary N) is 1. The number of methoxy groups -OCH3 is 1. The van der Waals surface area contributed by atoms with E-state index in [2.05, 4.69) is 53.0 Å². The van der Waals surface area contributed by atoms with E-state index in [-0.39, 0.29) is 10.6 Å². The Morgan fingerprint density at radius 2 is 1.72 bits per heavy atom. The van der Waals surface area contributed by atoms with E-state index in [1.54, 1.807) is 17.8 Å². The maximum atomic E-state index is 12.2. The summed E-state index contributed by atoms with van der Waals surface area (Å²) in [7, 11) is -0.295. The normalized spacial score (nSPS) is 13.3. The Morgan fingerprint density at radius 3 is 2.25 bits per heavy atom. The van der Waals surface area contributed by atoms with Crippen LogP contribution >= 0.6 is 0 Å². The van der Waals surface area contributed by atoms with Gasteiger partial charge in [0.05, 0.1) is 35.8 Å². The Hall–Kier alpha value is -2.06. The molecule has 0 atom stereocenters. The van der Waals surface area contributed by atoms with Gasteiger partial charge in [-0.2, -0.15) is 5.10 Å². The van der Waals surface area contributed by atoms with E-state index in [9.17, 15) is 4.79 Å². The van der Waals surface area contributed by atoms with Crippen LogP contribution in [0.5, 0.6) is 5.75 Å². The summed E-state index contributed by atoms with van der Waals surface area (Å²) in [5, 5.41) is 7.64. The van der Waals surface area contributed by atoms with E-state index in [0.717, 1.165) is 24.1 Å². The monoisotopic (exact) mass is 463 g/mol. The van der Waals surface area contributed by atoms with Crippen molar-refractivity contribution in [2.24, 2.45) is 0 Å². The number of hydrogen-bond acceptors (Lipinski definition) is 5. The van der Waals surface area contributed by atoms with Crippen molar-refractivity contribution in [3.63, 3.8) is 0 Å². The number of carbonyl (C=O) groups excluding carboxylic acids is 1. The molecular formula is C24H41N3O4Si. The van der Waals surface area contributed by atoms with Crippen LogP contribution in [0.2, 0.25) is 18.1 Å². The lowest BCUT2D eigenvalue weighted by Crippen LogP contribution is -2.47. The lowest BCUT2D eigenvalue weighted by atomic mass is 10.0. The Bertz CT molecular complexity index is 953. The van der Waals surface area contributed by atoms with Gasteiger partial charge < -0.3 is 13.9 Å². The van der Waals surface area contributed by atoms with Crippen LogP contribution in [0.25, 0.3) is 5.52 Å². The number of ether oxygens (including phenoxy) is 2. The first-order valence-electron chi connectivity index (χ1n) is 11.2. The van der Waals surface area contributed by atoms with Crippen LogP contribution in [-0.4, -0.2) is 42.3 Å². The highest BCUT2D eigenvalue weighted by Gasteiger charge is 2.41. The van der Waals surface area contributed by atoms with E-state index < -0.39 is 20.0 Å². The first kappa shape index (κ1) is 26.2. The van der Waals surface area contributed by atoms with E-state index in [1.807, 2.05) is 32.9 Å². The number of carbonyl (C=O) groups is 1. The summed E-state index contributed by atoms with van der Waals surface area (Å²) in [6, 6.07) is 3.87. The summed E-state index contributed by atoms with van der Waals surface area (Å²) < 4.78 is 19.2. The molecule has 0 aliphatic rings. The quantitative estimate of drug-likeness (QED) is 0.479. The fourth-order valence-corrected chi connectivity index (χ4v) is 4.98. The van der Waals surface area contributed by atoms with Crippen molar-refractivity contribution >= 4 is 25.6 Å². The summed E-state index contributed by atoms with van der Waals surface area (Å²) in [5.41, 5.74) is 1.57. The van der Waals surface area contributed by atoms with Crippen LogP contribution in [0.15, 0.2) is 18.3 Å². The number of hydrogen-bond donors (Lipinski definition) is 1. The van der Waals surface area contributed by atoms with Crippen LogP contribution in [0.4, 0.5) is 10.5 Å². The van der Waals surface area contributed by atoms with Gasteiger partial charge in [-0.05, 0) is 77.7 Å². The highest BCUT2D eigenvalue weighted by atomic mass is 28.4. The number of amides is 1. The predicted octanol–water partition coefficient (Wildman–Crippen LogP) is 6.42. The van der Waals surface area contributed by atoms with Crippen LogP contribution in [0, 0.1) is 0 Å². The molecule has 0 bridgehead atoms. The van der Waals surface area contributed by atoms with Crippen LogP contribution in [0.1, 0.15) is 67.5 Å². The number of aromatic nitrogens is 2. The molecule has 2 aromatic heterocycles. The largest absolute Gasteiger partial charge is 0.493 e. The number of aryl methyl sites for hydroxylation is 1. The number of anilines is 1. The second-order valence-corrected chi connectivity index (χ2v) is 16.2. The van der Waals surface area contributed by atoms with Gasteiger partial charge in [0.2, 0.25) is 0 Å². The third-order valence-corrected chi connectivity index (χ3v) is 10.5. The molecule has 0 aromatic carbocycles. The third-order valence-electron chi connectivity index (χ3n) is 5.79. The van der Waals surface area contributed by atoms with Crippen molar-refractivity contribution in [3.05, 3.63) is 24.0 Å². The molecule has 1 amide bonds. The molecule has 8 heteroatoms. The highest BCUT2D eigenvalue weighted by Crippen LogP contribution is 2.40. The summed E-state index contributed by atoms with van der Waals surface area (Å²) in [6.45, 7) is 21.1. The van der Waals surface area contributed by atoms with Gasteiger partial charge in [0, 0.05) is 0 Å². The molecule has 180 valence electrons. The molecule has 2 aromatic rings.